The van der Waals surface area contributed by atoms with Gasteiger partial charge in [0.2, 0.25) is 0 Å². The van der Waals surface area contributed by atoms with Gasteiger partial charge in [-0.05, 0) is 13.8 Å². The number of nitrogens with two attached hydrogens (primary N) is 1. The number of carbonyl (C=O) groups excluding carboxylic acids is 2. The fraction of sp³-hybridized carbons (Fsp3) is 0.364. The van der Waals surface area contributed by atoms with Gasteiger partial charge in [0.15, 0.2) is 5.82 Å². The number of hydrogen-bond acceptors (Lipinski definition) is 7. The molecule has 21 heavy (non-hydrogen) atoms. The van der Waals surface area contributed by atoms with Gasteiger partial charge >= 0.3 is 6.09 Å². The Bertz CT molecular complexity index is 641. The van der Waals surface area contributed by atoms with E-state index in [1.165, 1.54) is 17.1 Å². The molecular weight excluding hydrogens is 278 g/mol. The number of rotatable bonds is 4. The fourth-order valence-corrected chi connectivity index (χ4v) is 1.52. The molecule has 3 N–H and O–H groups in total. The quantitative estimate of drug-likeness (QED) is 0.827. The van der Waals surface area contributed by atoms with Gasteiger partial charge in [-0.1, -0.05) is 5.21 Å². The van der Waals surface area contributed by atoms with Gasteiger partial charge in [-0.3, -0.25) is 10.1 Å². The third-order valence-corrected chi connectivity index (χ3v) is 2.53. The van der Waals surface area contributed by atoms with Gasteiger partial charge in [-0.25, -0.2) is 14.2 Å². The van der Waals surface area contributed by atoms with Crippen molar-refractivity contribution >= 4 is 23.5 Å². The van der Waals surface area contributed by atoms with E-state index < -0.39 is 6.09 Å². The highest BCUT2D eigenvalue weighted by Gasteiger charge is 2.12. The molecule has 0 atom stereocenters. The van der Waals surface area contributed by atoms with Crippen molar-refractivity contribution in [1.82, 2.24) is 24.8 Å². The van der Waals surface area contributed by atoms with E-state index in [1.54, 1.807) is 13.8 Å². The highest BCUT2D eigenvalue weighted by molar-refractivity contribution is 5.83. The lowest BCUT2D eigenvalue weighted by Gasteiger charge is -2.00. The first-order chi connectivity index (χ1) is 9.99. The molecule has 0 saturated carbocycles. The summed E-state index contributed by atoms with van der Waals surface area (Å²) in [6.45, 7) is 3.55. The predicted molar refractivity (Wildman–Crippen MR) is 72.7 cm³/mol. The van der Waals surface area contributed by atoms with E-state index in [0.29, 0.717) is 11.4 Å². The van der Waals surface area contributed by atoms with E-state index in [1.807, 2.05) is 0 Å². The first-order valence-electron chi connectivity index (χ1n) is 6.18. The molecule has 112 valence electrons. The Balaban J connectivity index is 1.99. The minimum atomic E-state index is -0.633. The second kappa shape index (κ2) is 6.03. The standard InChI is InChI=1S/C11H15N7O3/c1-3-21-11(20)13-9-5-17(16-14-9)6-10(19)18-4-8(12)7(2)15-18/h4-5H,3,6,12H2,1-2H3,(H,13,20). The zero-order valence-corrected chi connectivity index (χ0v) is 11.6. The Morgan fingerprint density at radius 1 is 1.43 bits per heavy atom. The van der Waals surface area contributed by atoms with Crippen LogP contribution in [0.25, 0.3) is 0 Å². The number of nitrogens with one attached hydrogen (secondary N) is 1. The highest BCUT2D eigenvalue weighted by atomic mass is 16.5. The Morgan fingerprint density at radius 3 is 2.81 bits per heavy atom. The SMILES string of the molecule is CCOC(=O)Nc1cn(CC(=O)n2cc(N)c(C)n2)nn1. The summed E-state index contributed by atoms with van der Waals surface area (Å²) in [5, 5.41) is 13.8. The van der Waals surface area contributed by atoms with E-state index in [9.17, 15) is 9.59 Å². The van der Waals surface area contributed by atoms with Gasteiger partial charge in [-0.2, -0.15) is 5.10 Å². The number of hydrogen-bond donors (Lipinski definition) is 2. The second-order valence-corrected chi connectivity index (χ2v) is 4.15. The Labute approximate surface area is 119 Å². The molecule has 0 spiro atoms. The Kier molecular flexibility index (Phi) is 4.16. The Morgan fingerprint density at radius 2 is 2.19 bits per heavy atom. The second-order valence-electron chi connectivity index (χ2n) is 4.15. The molecule has 0 aliphatic carbocycles. The van der Waals surface area contributed by atoms with Crippen LogP contribution in [-0.2, 0) is 11.3 Å². The average molecular weight is 293 g/mol. The summed E-state index contributed by atoms with van der Waals surface area (Å²) in [6, 6.07) is 0. The molecule has 0 saturated heterocycles. The van der Waals surface area contributed by atoms with Crippen LogP contribution >= 0.6 is 0 Å². The number of aryl methyl sites for hydroxylation is 1. The van der Waals surface area contributed by atoms with Crippen molar-refractivity contribution in [2.75, 3.05) is 17.7 Å². The largest absolute Gasteiger partial charge is 0.450 e. The van der Waals surface area contributed by atoms with E-state index in [2.05, 4.69) is 20.7 Å². The molecule has 2 aromatic heterocycles. The number of amides is 1. The minimum Gasteiger partial charge on any atom is -0.450 e. The van der Waals surface area contributed by atoms with E-state index >= 15 is 0 Å². The number of nitrogen functional groups attached to an aromatic ring is 1. The lowest BCUT2D eigenvalue weighted by Crippen LogP contribution is -2.19. The van der Waals surface area contributed by atoms with Crippen molar-refractivity contribution in [2.45, 2.75) is 20.4 Å². The summed E-state index contributed by atoms with van der Waals surface area (Å²) >= 11 is 0. The molecule has 0 radical (unpaired) electrons. The van der Waals surface area contributed by atoms with Crippen molar-refractivity contribution in [3.8, 4) is 0 Å². The topological polar surface area (TPSA) is 130 Å². The molecule has 2 rings (SSSR count). The Hall–Kier alpha value is -2.91. The third-order valence-electron chi connectivity index (χ3n) is 2.53. The molecule has 2 aromatic rings. The van der Waals surface area contributed by atoms with E-state index in [-0.39, 0.29) is 24.9 Å². The summed E-state index contributed by atoms with van der Waals surface area (Å²) in [5.74, 6) is -0.139. The van der Waals surface area contributed by atoms with Crippen LogP contribution in [0.3, 0.4) is 0 Å². The lowest BCUT2D eigenvalue weighted by atomic mass is 10.4. The number of carbonyl (C=O) groups is 2. The maximum absolute atomic E-state index is 12.0. The predicted octanol–water partition coefficient (Wildman–Crippen LogP) is 0.274. The molecule has 1 amide bonds. The summed E-state index contributed by atoms with van der Waals surface area (Å²) in [4.78, 5) is 23.2. The maximum Gasteiger partial charge on any atom is 0.412 e. The number of anilines is 2. The first-order valence-corrected chi connectivity index (χ1v) is 6.18. The molecule has 10 nitrogen and oxygen atoms in total. The fourth-order valence-electron chi connectivity index (χ4n) is 1.52. The first kappa shape index (κ1) is 14.5. The minimum absolute atomic E-state index is 0.0853. The number of ether oxygens (including phenoxy) is 1. The monoisotopic (exact) mass is 293 g/mol. The lowest BCUT2D eigenvalue weighted by molar-refractivity contribution is 0.0869. The number of nitrogens with zero attached hydrogens (tertiary/aromatic N) is 5. The van der Waals surface area contributed by atoms with Crippen LogP contribution < -0.4 is 11.1 Å². The van der Waals surface area contributed by atoms with Crippen molar-refractivity contribution in [1.29, 1.82) is 0 Å². The molecule has 0 bridgehead atoms. The molecule has 2 heterocycles. The average Bonchev–Trinajstić information content (AvgIpc) is 2.98. The van der Waals surface area contributed by atoms with E-state index in [0.717, 1.165) is 4.68 Å². The number of aromatic nitrogens is 5. The van der Waals surface area contributed by atoms with Crippen LogP contribution in [0.5, 0.6) is 0 Å². The summed E-state index contributed by atoms with van der Waals surface area (Å²) in [6.07, 6.45) is 2.22. The van der Waals surface area contributed by atoms with Crippen LogP contribution in [0.15, 0.2) is 12.4 Å². The summed E-state index contributed by atoms with van der Waals surface area (Å²) in [5.41, 5.74) is 6.64. The highest BCUT2D eigenvalue weighted by Crippen LogP contribution is 2.07. The molecule has 0 aliphatic heterocycles. The van der Waals surface area contributed by atoms with Crippen molar-refractivity contribution in [3.63, 3.8) is 0 Å². The molecule has 0 unspecified atom stereocenters. The van der Waals surface area contributed by atoms with Gasteiger partial charge in [-0.15, -0.1) is 5.10 Å². The van der Waals surface area contributed by atoms with Crippen molar-refractivity contribution < 1.29 is 14.3 Å². The van der Waals surface area contributed by atoms with Crippen molar-refractivity contribution in [2.24, 2.45) is 0 Å². The van der Waals surface area contributed by atoms with Crippen LogP contribution in [0.4, 0.5) is 16.3 Å². The summed E-state index contributed by atoms with van der Waals surface area (Å²) < 4.78 is 7.12. The van der Waals surface area contributed by atoms with E-state index in [4.69, 9.17) is 10.5 Å². The molecular formula is C11H15N7O3. The molecule has 10 heteroatoms. The zero-order chi connectivity index (χ0) is 15.4. The smallest absolute Gasteiger partial charge is 0.412 e. The third kappa shape index (κ3) is 3.55. The van der Waals surface area contributed by atoms with Gasteiger partial charge in [0.25, 0.3) is 5.91 Å². The molecule has 0 aromatic carbocycles. The van der Waals surface area contributed by atoms with Crippen LogP contribution in [0.2, 0.25) is 0 Å². The van der Waals surface area contributed by atoms with Gasteiger partial charge in [0.1, 0.15) is 6.54 Å². The van der Waals surface area contributed by atoms with Gasteiger partial charge < -0.3 is 10.5 Å². The maximum atomic E-state index is 12.0. The van der Waals surface area contributed by atoms with Gasteiger partial charge in [0, 0.05) is 0 Å². The van der Waals surface area contributed by atoms with Crippen molar-refractivity contribution in [3.05, 3.63) is 18.1 Å². The van der Waals surface area contributed by atoms with Crippen LogP contribution in [0, 0.1) is 6.92 Å². The van der Waals surface area contributed by atoms with Crippen LogP contribution in [-0.4, -0.2) is 43.4 Å². The zero-order valence-electron chi connectivity index (χ0n) is 11.6. The normalized spacial score (nSPS) is 10.4. The molecule has 0 fully saturated rings. The summed E-state index contributed by atoms with van der Waals surface area (Å²) in [7, 11) is 0. The molecule has 0 aliphatic rings. The van der Waals surface area contributed by atoms with Crippen LogP contribution in [0.1, 0.15) is 17.4 Å². The van der Waals surface area contributed by atoms with Gasteiger partial charge in [0.05, 0.1) is 30.4 Å².